The summed E-state index contributed by atoms with van der Waals surface area (Å²) >= 11 is 4.62. The molecular weight excluding hydrogens is 402 g/mol. The van der Waals surface area contributed by atoms with Gasteiger partial charge in [-0.15, -0.1) is 10.2 Å². The topological polar surface area (TPSA) is 68.0 Å². The molecule has 2 aromatic carbocycles. The summed E-state index contributed by atoms with van der Waals surface area (Å²) in [5, 5.41) is 11.2. The molecular formula is C18H16BrN3O2S. The van der Waals surface area contributed by atoms with E-state index in [1.807, 2.05) is 48.5 Å². The number of nitrogens with one attached hydrogen (secondary N) is 1. The third-order valence-electron chi connectivity index (χ3n) is 3.42. The third-order valence-corrected chi connectivity index (χ3v) is 4.74. The number of thioether (sulfide) groups is 1. The smallest absolute Gasteiger partial charge is 0.277 e. The van der Waals surface area contributed by atoms with Crippen LogP contribution in [0.15, 0.2) is 62.6 Å². The van der Waals surface area contributed by atoms with Gasteiger partial charge in [0.05, 0.1) is 5.75 Å². The maximum Gasteiger partial charge on any atom is 0.277 e. The molecule has 0 radical (unpaired) electrons. The molecule has 0 atom stereocenters. The molecule has 1 amide bonds. The van der Waals surface area contributed by atoms with Crippen LogP contribution in [0.1, 0.15) is 12.5 Å². The predicted molar refractivity (Wildman–Crippen MR) is 103 cm³/mol. The highest BCUT2D eigenvalue weighted by Crippen LogP contribution is 2.25. The van der Waals surface area contributed by atoms with Crippen LogP contribution in [0.5, 0.6) is 0 Å². The Labute approximate surface area is 158 Å². The minimum Gasteiger partial charge on any atom is -0.411 e. The molecule has 0 aliphatic rings. The molecule has 0 saturated carbocycles. The Morgan fingerprint density at radius 2 is 2.04 bits per heavy atom. The zero-order valence-corrected chi connectivity index (χ0v) is 15.9. The van der Waals surface area contributed by atoms with Crippen LogP contribution in [0, 0.1) is 0 Å². The molecule has 0 aliphatic heterocycles. The van der Waals surface area contributed by atoms with Gasteiger partial charge in [-0.05, 0) is 42.3 Å². The van der Waals surface area contributed by atoms with Crippen LogP contribution >= 0.6 is 27.7 Å². The molecule has 5 nitrogen and oxygen atoms in total. The first-order valence-corrected chi connectivity index (χ1v) is 9.53. The number of aromatic nitrogens is 2. The molecule has 0 bridgehead atoms. The Bertz CT molecular complexity index is 882. The van der Waals surface area contributed by atoms with E-state index < -0.39 is 0 Å². The fourth-order valence-electron chi connectivity index (χ4n) is 2.20. The van der Waals surface area contributed by atoms with Gasteiger partial charge in [-0.3, -0.25) is 4.79 Å². The van der Waals surface area contributed by atoms with Gasteiger partial charge in [0.2, 0.25) is 11.8 Å². The fourth-order valence-corrected chi connectivity index (χ4v) is 3.16. The first-order chi connectivity index (χ1) is 12.1. The van der Waals surface area contributed by atoms with Crippen molar-refractivity contribution in [2.24, 2.45) is 0 Å². The second-order valence-electron chi connectivity index (χ2n) is 5.27. The SMILES string of the molecule is CCc1cccc(NC(=O)CSc2nnc(-c3cccc(Br)c3)o2)c1. The summed E-state index contributed by atoms with van der Waals surface area (Å²) in [7, 11) is 0. The number of hydrogen-bond acceptors (Lipinski definition) is 5. The quantitative estimate of drug-likeness (QED) is 0.583. The van der Waals surface area contributed by atoms with Crippen LogP contribution in [0.4, 0.5) is 5.69 Å². The number of aryl methyl sites for hydroxylation is 1. The maximum absolute atomic E-state index is 12.1. The summed E-state index contributed by atoms with van der Waals surface area (Å²) in [6.45, 7) is 2.08. The first-order valence-electron chi connectivity index (χ1n) is 7.75. The minimum atomic E-state index is -0.111. The standard InChI is InChI=1S/C18H16BrN3O2S/c1-2-12-5-3-8-15(9-12)20-16(23)11-25-18-22-21-17(24-18)13-6-4-7-14(19)10-13/h3-10H,2,11H2,1H3,(H,20,23). The number of amides is 1. The van der Waals surface area contributed by atoms with E-state index in [4.69, 9.17) is 4.42 Å². The van der Waals surface area contributed by atoms with Crippen molar-refractivity contribution in [3.63, 3.8) is 0 Å². The Balaban J connectivity index is 1.57. The predicted octanol–water partition coefficient (Wildman–Crippen LogP) is 4.79. The molecule has 1 heterocycles. The minimum absolute atomic E-state index is 0.111. The summed E-state index contributed by atoms with van der Waals surface area (Å²) < 4.78 is 6.54. The van der Waals surface area contributed by atoms with E-state index in [2.05, 4.69) is 38.4 Å². The monoisotopic (exact) mass is 417 g/mol. The number of halogens is 1. The van der Waals surface area contributed by atoms with Crippen molar-refractivity contribution >= 4 is 39.3 Å². The molecule has 3 rings (SSSR count). The highest BCUT2D eigenvalue weighted by atomic mass is 79.9. The molecule has 128 valence electrons. The molecule has 7 heteroatoms. The number of carbonyl (C=O) groups is 1. The zero-order valence-electron chi connectivity index (χ0n) is 13.5. The van der Waals surface area contributed by atoms with Crippen molar-refractivity contribution in [1.29, 1.82) is 0 Å². The molecule has 3 aromatic rings. The van der Waals surface area contributed by atoms with Gasteiger partial charge in [0.15, 0.2) is 0 Å². The Kier molecular flexibility index (Phi) is 5.88. The average Bonchev–Trinajstić information content (AvgIpc) is 3.09. The maximum atomic E-state index is 12.1. The largest absolute Gasteiger partial charge is 0.411 e. The molecule has 0 saturated heterocycles. The van der Waals surface area contributed by atoms with E-state index in [1.54, 1.807) is 0 Å². The lowest BCUT2D eigenvalue weighted by Crippen LogP contribution is -2.14. The molecule has 0 fully saturated rings. The van der Waals surface area contributed by atoms with Gasteiger partial charge in [-0.25, -0.2) is 0 Å². The van der Waals surface area contributed by atoms with E-state index in [0.717, 1.165) is 22.1 Å². The first kappa shape index (κ1) is 17.7. The number of rotatable bonds is 6. The molecule has 1 N–H and O–H groups in total. The van der Waals surface area contributed by atoms with Crippen LogP contribution in [-0.2, 0) is 11.2 Å². The summed E-state index contributed by atoms with van der Waals surface area (Å²) in [4.78, 5) is 12.1. The van der Waals surface area contributed by atoms with E-state index in [-0.39, 0.29) is 11.7 Å². The van der Waals surface area contributed by atoms with E-state index in [1.165, 1.54) is 17.3 Å². The summed E-state index contributed by atoms with van der Waals surface area (Å²) in [6, 6.07) is 15.4. The number of nitrogens with zero attached hydrogens (tertiary/aromatic N) is 2. The van der Waals surface area contributed by atoms with Gasteiger partial charge in [-0.1, -0.05) is 52.8 Å². The van der Waals surface area contributed by atoms with E-state index in [9.17, 15) is 4.79 Å². The van der Waals surface area contributed by atoms with Crippen molar-refractivity contribution < 1.29 is 9.21 Å². The van der Waals surface area contributed by atoms with Gasteiger partial charge < -0.3 is 9.73 Å². The van der Waals surface area contributed by atoms with Crippen LogP contribution in [-0.4, -0.2) is 21.9 Å². The third kappa shape index (κ3) is 4.93. The van der Waals surface area contributed by atoms with E-state index >= 15 is 0 Å². The van der Waals surface area contributed by atoms with Gasteiger partial charge in [0.1, 0.15) is 0 Å². The normalized spacial score (nSPS) is 10.6. The average molecular weight is 418 g/mol. The van der Waals surface area contributed by atoms with Crippen molar-refractivity contribution in [2.75, 3.05) is 11.1 Å². The highest BCUT2D eigenvalue weighted by molar-refractivity contribution is 9.10. The lowest BCUT2D eigenvalue weighted by Gasteiger charge is -2.05. The summed E-state index contributed by atoms with van der Waals surface area (Å²) in [5.41, 5.74) is 2.81. The Morgan fingerprint density at radius 1 is 1.20 bits per heavy atom. The van der Waals surface area contributed by atoms with Crippen LogP contribution in [0.2, 0.25) is 0 Å². The fraction of sp³-hybridized carbons (Fsp3) is 0.167. The number of hydrogen-bond donors (Lipinski definition) is 1. The van der Waals surface area contributed by atoms with Gasteiger partial charge in [0, 0.05) is 15.7 Å². The van der Waals surface area contributed by atoms with E-state index in [0.29, 0.717) is 11.1 Å². The molecule has 1 aromatic heterocycles. The second kappa shape index (κ2) is 8.31. The van der Waals surface area contributed by atoms with Crippen molar-refractivity contribution in [3.8, 4) is 11.5 Å². The molecule has 0 aliphatic carbocycles. The van der Waals surface area contributed by atoms with Crippen molar-refractivity contribution in [1.82, 2.24) is 10.2 Å². The second-order valence-corrected chi connectivity index (χ2v) is 7.12. The Hall–Kier alpha value is -2.12. The molecule has 25 heavy (non-hydrogen) atoms. The highest BCUT2D eigenvalue weighted by Gasteiger charge is 2.11. The Morgan fingerprint density at radius 3 is 2.84 bits per heavy atom. The number of carbonyl (C=O) groups excluding carboxylic acids is 1. The zero-order chi connectivity index (χ0) is 17.6. The number of anilines is 1. The van der Waals surface area contributed by atoms with Gasteiger partial charge in [-0.2, -0.15) is 0 Å². The summed E-state index contributed by atoms with van der Waals surface area (Å²) in [5.74, 6) is 0.525. The van der Waals surface area contributed by atoms with Crippen molar-refractivity contribution in [3.05, 3.63) is 58.6 Å². The van der Waals surface area contributed by atoms with Crippen LogP contribution in [0.25, 0.3) is 11.5 Å². The molecule has 0 unspecified atom stereocenters. The number of benzene rings is 2. The van der Waals surface area contributed by atoms with Crippen LogP contribution < -0.4 is 5.32 Å². The summed E-state index contributed by atoms with van der Waals surface area (Å²) in [6.07, 6.45) is 0.929. The van der Waals surface area contributed by atoms with Gasteiger partial charge >= 0.3 is 0 Å². The lowest BCUT2D eigenvalue weighted by atomic mass is 10.1. The lowest BCUT2D eigenvalue weighted by molar-refractivity contribution is -0.113. The van der Waals surface area contributed by atoms with Gasteiger partial charge in [0.25, 0.3) is 5.22 Å². The van der Waals surface area contributed by atoms with Crippen LogP contribution in [0.3, 0.4) is 0 Å². The molecule has 0 spiro atoms. The van der Waals surface area contributed by atoms with Crippen molar-refractivity contribution in [2.45, 2.75) is 18.6 Å².